The van der Waals surface area contributed by atoms with Gasteiger partial charge >= 0.3 is 0 Å². The molecular weight excluding hydrogens is 467 g/mol. The molecule has 0 spiro atoms. The lowest BCUT2D eigenvalue weighted by Gasteiger charge is -2.23. The van der Waals surface area contributed by atoms with Gasteiger partial charge in [0.25, 0.3) is 5.92 Å². The molecule has 3 unspecified atom stereocenters. The molecule has 35 heavy (non-hydrogen) atoms. The van der Waals surface area contributed by atoms with Gasteiger partial charge in [-0.1, -0.05) is 18.2 Å². The average molecular weight is 488 g/mol. The number of nitrogens with two attached hydrogens (primary N) is 1. The minimum Gasteiger partial charge on any atom is -0.383 e. The second kappa shape index (κ2) is 9.23. The maximum Gasteiger partial charge on any atom is 0.281 e. The number of hydrogen-bond donors (Lipinski definition) is 2. The van der Waals surface area contributed by atoms with Crippen LogP contribution >= 0.6 is 0 Å². The minimum absolute atomic E-state index is 0.00898. The summed E-state index contributed by atoms with van der Waals surface area (Å²) in [6, 6.07) is 8.75. The van der Waals surface area contributed by atoms with Crippen molar-refractivity contribution in [3.05, 3.63) is 76.0 Å². The lowest BCUT2D eigenvalue weighted by molar-refractivity contribution is -0.0966. The van der Waals surface area contributed by atoms with Gasteiger partial charge in [-0.3, -0.25) is 0 Å². The van der Waals surface area contributed by atoms with Crippen LogP contribution in [0.3, 0.4) is 0 Å². The van der Waals surface area contributed by atoms with Crippen LogP contribution in [0.5, 0.6) is 0 Å². The van der Waals surface area contributed by atoms with Crippen LogP contribution in [0, 0.1) is 24.1 Å². The Morgan fingerprint density at radius 2 is 1.94 bits per heavy atom. The summed E-state index contributed by atoms with van der Waals surface area (Å²) < 4.78 is 66.8. The van der Waals surface area contributed by atoms with Crippen molar-refractivity contribution in [1.82, 2.24) is 9.97 Å². The Kier molecular flexibility index (Phi) is 6.47. The molecule has 0 saturated carbocycles. The highest BCUT2D eigenvalue weighted by molar-refractivity contribution is 5.77. The van der Waals surface area contributed by atoms with Gasteiger partial charge in [-0.25, -0.2) is 31.9 Å². The number of aromatic nitrogens is 2. The SMILES string of the molecule is Cc1ncc(-c2cccc3c2C(O)C(F)(F)C3)c(N)n1.N#Cc1cc(F)cc2c1CCC(F)C2F. The van der Waals surface area contributed by atoms with E-state index in [2.05, 4.69) is 9.97 Å². The zero-order chi connectivity index (χ0) is 25.5. The lowest BCUT2D eigenvalue weighted by atomic mass is 9.86. The fraction of sp³-hybridized carbons (Fsp3) is 0.320. The standard InChI is InChI=1S/C14H13F2N3O.C11H8F3N/c1-7-18-6-10(13(17)19-7)9-4-2-3-8-5-14(15,16)12(20)11(8)9;12-7-3-6(5-15)8-1-2-10(13)11(14)9(8)4-7/h2-4,6,12,20H,5H2,1H3,(H2,17,18,19);3-4,10-11H,1-2H2. The van der Waals surface area contributed by atoms with E-state index in [9.17, 15) is 27.1 Å². The van der Waals surface area contributed by atoms with E-state index in [0.717, 1.165) is 12.1 Å². The van der Waals surface area contributed by atoms with E-state index in [-0.39, 0.29) is 28.9 Å². The predicted octanol–water partition coefficient (Wildman–Crippen LogP) is 5.25. The molecule has 3 aromatic rings. The van der Waals surface area contributed by atoms with Gasteiger partial charge in [-0.05, 0) is 59.7 Å². The van der Waals surface area contributed by atoms with Gasteiger partial charge in [0.15, 0.2) is 6.17 Å². The molecule has 0 bridgehead atoms. The van der Waals surface area contributed by atoms with Crippen molar-refractivity contribution in [2.45, 2.75) is 50.6 Å². The number of hydrogen-bond acceptors (Lipinski definition) is 5. The van der Waals surface area contributed by atoms with Gasteiger partial charge in [0, 0.05) is 18.2 Å². The van der Waals surface area contributed by atoms with Crippen molar-refractivity contribution >= 4 is 5.82 Å². The molecule has 10 heteroatoms. The Labute approximate surface area is 198 Å². The molecule has 3 N–H and O–H groups in total. The van der Waals surface area contributed by atoms with E-state index in [0.29, 0.717) is 34.5 Å². The number of nitriles is 1. The normalized spacial score (nSPS) is 21.8. The number of aryl methyl sites for hydroxylation is 1. The van der Waals surface area contributed by atoms with Gasteiger partial charge in [-0.15, -0.1) is 0 Å². The van der Waals surface area contributed by atoms with Crippen LogP contribution in [0.2, 0.25) is 0 Å². The molecule has 5 nitrogen and oxygen atoms in total. The molecule has 0 radical (unpaired) electrons. The van der Waals surface area contributed by atoms with Crippen LogP contribution in [0.15, 0.2) is 36.5 Å². The van der Waals surface area contributed by atoms with Gasteiger partial charge in [0.2, 0.25) is 0 Å². The van der Waals surface area contributed by atoms with Crippen LogP contribution in [0.1, 0.15) is 52.3 Å². The summed E-state index contributed by atoms with van der Waals surface area (Å²) in [7, 11) is 0. The van der Waals surface area contributed by atoms with Crippen LogP contribution in [0.25, 0.3) is 11.1 Å². The first-order valence-corrected chi connectivity index (χ1v) is 10.8. The number of halogens is 5. The van der Waals surface area contributed by atoms with Crippen molar-refractivity contribution in [3.8, 4) is 17.2 Å². The second-order valence-electron chi connectivity index (χ2n) is 8.52. The number of nitrogen functional groups attached to an aromatic ring is 1. The number of anilines is 1. The van der Waals surface area contributed by atoms with Crippen molar-refractivity contribution in [1.29, 1.82) is 5.26 Å². The molecule has 0 saturated heterocycles. The highest BCUT2D eigenvalue weighted by atomic mass is 19.3. The van der Waals surface area contributed by atoms with E-state index < -0.39 is 36.6 Å². The Morgan fingerprint density at radius 3 is 2.63 bits per heavy atom. The molecular formula is C25H21F5N4O. The number of nitrogens with zero attached hydrogens (tertiary/aromatic N) is 3. The number of aliphatic hydroxyl groups excluding tert-OH is 1. The maximum atomic E-state index is 13.7. The molecule has 0 aliphatic heterocycles. The Morgan fingerprint density at radius 1 is 1.20 bits per heavy atom. The number of benzene rings is 2. The lowest BCUT2D eigenvalue weighted by Crippen LogP contribution is -2.21. The Hall–Kier alpha value is -3.58. The van der Waals surface area contributed by atoms with Gasteiger partial charge in [0.05, 0.1) is 11.6 Å². The largest absolute Gasteiger partial charge is 0.383 e. The zero-order valence-corrected chi connectivity index (χ0v) is 18.6. The van der Waals surface area contributed by atoms with Crippen molar-refractivity contribution in [3.63, 3.8) is 0 Å². The number of aliphatic hydroxyl groups is 1. The minimum atomic E-state index is -3.15. The van der Waals surface area contributed by atoms with Crippen molar-refractivity contribution in [2.24, 2.45) is 0 Å². The zero-order valence-electron chi connectivity index (χ0n) is 18.6. The molecule has 182 valence electrons. The van der Waals surface area contributed by atoms with Gasteiger partial charge in [-0.2, -0.15) is 5.26 Å². The Bertz CT molecular complexity index is 1320. The molecule has 1 aromatic heterocycles. The summed E-state index contributed by atoms with van der Waals surface area (Å²) in [6.07, 6.45) is -3.86. The predicted molar refractivity (Wildman–Crippen MR) is 118 cm³/mol. The third-order valence-electron chi connectivity index (χ3n) is 6.18. The summed E-state index contributed by atoms with van der Waals surface area (Å²) in [6.45, 7) is 1.69. The number of rotatable bonds is 1. The Balaban J connectivity index is 0.000000172. The van der Waals surface area contributed by atoms with E-state index >= 15 is 0 Å². The van der Waals surface area contributed by atoms with Gasteiger partial charge in [0.1, 0.15) is 29.7 Å². The third kappa shape index (κ3) is 4.56. The van der Waals surface area contributed by atoms with Crippen molar-refractivity contribution < 1.29 is 27.1 Å². The summed E-state index contributed by atoms with van der Waals surface area (Å²) >= 11 is 0. The second-order valence-corrected chi connectivity index (χ2v) is 8.52. The number of fused-ring (bicyclic) bond motifs is 2. The molecule has 0 fully saturated rings. The molecule has 2 aromatic carbocycles. The first kappa shape index (κ1) is 24.5. The molecule has 2 aliphatic rings. The van der Waals surface area contributed by atoms with Crippen LogP contribution in [0.4, 0.5) is 27.8 Å². The van der Waals surface area contributed by atoms with Crippen LogP contribution in [-0.4, -0.2) is 27.2 Å². The van der Waals surface area contributed by atoms with Gasteiger partial charge < -0.3 is 10.8 Å². The van der Waals surface area contributed by atoms with E-state index in [4.69, 9.17) is 11.0 Å². The van der Waals surface area contributed by atoms with E-state index in [1.54, 1.807) is 31.2 Å². The fourth-order valence-electron chi connectivity index (χ4n) is 4.49. The summed E-state index contributed by atoms with van der Waals surface area (Å²) in [5, 5.41) is 18.6. The average Bonchev–Trinajstić information content (AvgIpc) is 3.05. The fourth-order valence-corrected chi connectivity index (χ4v) is 4.49. The molecule has 0 amide bonds. The number of alkyl halides is 4. The molecule has 1 heterocycles. The van der Waals surface area contributed by atoms with Crippen LogP contribution in [-0.2, 0) is 12.8 Å². The first-order chi connectivity index (χ1) is 16.5. The monoisotopic (exact) mass is 488 g/mol. The molecule has 5 rings (SSSR count). The topological polar surface area (TPSA) is 95.8 Å². The smallest absolute Gasteiger partial charge is 0.281 e. The highest BCUT2D eigenvalue weighted by Gasteiger charge is 2.48. The first-order valence-electron chi connectivity index (χ1n) is 10.8. The van der Waals surface area contributed by atoms with Crippen molar-refractivity contribution in [2.75, 3.05) is 5.73 Å². The van der Waals surface area contributed by atoms with E-state index in [1.165, 1.54) is 6.20 Å². The third-order valence-corrected chi connectivity index (χ3v) is 6.18. The van der Waals surface area contributed by atoms with E-state index in [1.807, 2.05) is 0 Å². The summed E-state index contributed by atoms with van der Waals surface area (Å²) in [5.74, 6) is -3.13. The quantitative estimate of drug-likeness (QED) is 0.456. The summed E-state index contributed by atoms with van der Waals surface area (Å²) in [5.41, 5.74) is 7.96. The molecule has 2 aliphatic carbocycles. The maximum absolute atomic E-state index is 13.7. The summed E-state index contributed by atoms with van der Waals surface area (Å²) in [4.78, 5) is 8.08. The van der Waals surface area contributed by atoms with Crippen LogP contribution < -0.4 is 5.73 Å². The molecule has 3 atom stereocenters. The highest BCUT2D eigenvalue weighted by Crippen LogP contribution is 2.47.